The van der Waals surface area contributed by atoms with E-state index in [1.807, 2.05) is 84.9 Å². The fraction of sp³-hybridized carbons (Fsp3) is 0.0606. The van der Waals surface area contributed by atoms with Crippen LogP contribution < -0.4 is 15.4 Å². The summed E-state index contributed by atoms with van der Waals surface area (Å²) in [5.41, 5.74) is 3.97. The molecular weight excluding hydrogens is 534 g/mol. The van der Waals surface area contributed by atoms with Crippen LogP contribution in [-0.4, -0.2) is 22.8 Å². The number of rotatable bonds is 4. The fourth-order valence-corrected chi connectivity index (χ4v) is 5.94. The molecule has 2 aliphatic rings. The Labute approximate surface area is 241 Å². The molecule has 8 heteroatoms. The number of fused-ring (bicyclic) bond motifs is 4. The number of carbonyl (C=O) groups excluding carboxylic acids is 1. The van der Waals surface area contributed by atoms with Crippen molar-refractivity contribution in [2.75, 3.05) is 17.7 Å². The first-order chi connectivity index (χ1) is 20.1. The largest absolute Gasteiger partial charge is 0.497 e. The van der Waals surface area contributed by atoms with Gasteiger partial charge in [-0.3, -0.25) is 4.79 Å². The molecule has 41 heavy (non-hydrogen) atoms. The molecule has 0 aliphatic carbocycles. The van der Waals surface area contributed by atoms with Crippen molar-refractivity contribution < 1.29 is 9.53 Å². The summed E-state index contributed by atoms with van der Waals surface area (Å²) in [4.78, 5) is 14.5. The number of amides is 1. The van der Waals surface area contributed by atoms with Gasteiger partial charge in [0.15, 0.2) is 0 Å². The molecule has 4 aromatic carbocycles. The van der Waals surface area contributed by atoms with E-state index in [1.165, 1.54) is 0 Å². The zero-order valence-electron chi connectivity index (χ0n) is 21.9. The second kappa shape index (κ2) is 9.40. The summed E-state index contributed by atoms with van der Waals surface area (Å²) in [6, 6.07) is 34.4. The van der Waals surface area contributed by atoms with Gasteiger partial charge in [-0.25, -0.2) is 4.68 Å². The lowest BCUT2D eigenvalue weighted by molar-refractivity contribution is -0.118. The number of nitrogens with one attached hydrogen (secondary N) is 2. The minimum Gasteiger partial charge on any atom is -0.497 e. The van der Waals surface area contributed by atoms with E-state index < -0.39 is 5.41 Å². The van der Waals surface area contributed by atoms with Gasteiger partial charge in [-0.1, -0.05) is 72.3 Å². The first kappa shape index (κ1) is 24.7. The van der Waals surface area contributed by atoms with Crippen LogP contribution in [-0.2, 0) is 10.2 Å². The lowest BCUT2D eigenvalue weighted by atomic mass is 9.66. The van der Waals surface area contributed by atoms with Gasteiger partial charge in [0.1, 0.15) is 17.0 Å². The third-order valence-corrected chi connectivity index (χ3v) is 7.89. The van der Waals surface area contributed by atoms with Gasteiger partial charge >= 0.3 is 0 Å². The van der Waals surface area contributed by atoms with Gasteiger partial charge in [0.2, 0.25) is 5.91 Å². The summed E-state index contributed by atoms with van der Waals surface area (Å²) in [6.45, 7) is 0. The second-order valence-corrected chi connectivity index (χ2v) is 10.2. The molecule has 0 bridgehead atoms. The van der Waals surface area contributed by atoms with Crippen LogP contribution in [0.3, 0.4) is 0 Å². The van der Waals surface area contributed by atoms with E-state index in [-0.39, 0.29) is 11.5 Å². The van der Waals surface area contributed by atoms with Crippen molar-refractivity contribution in [3.8, 4) is 28.8 Å². The van der Waals surface area contributed by atoms with Gasteiger partial charge in [-0.2, -0.15) is 10.4 Å². The average Bonchev–Trinajstić information content (AvgIpc) is 3.54. The predicted molar refractivity (Wildman–Crippen MR) is 159 cm³/mol. The fourth-order valence-electron chi connectivity index (χ4n) is 5.81. The maximum atomic E-state index is 14.5. The van der Waals surface area contributed by atoms with Crippen LogP contribution in [0.25, 0.3) is 22.6 Å². The number of para-hydroxylation sites is 1. The highest BCUT2D eigenvalue weighted by Gasteiger charge is 2.58. The Morgan fingerprint density at radius 2 is 1.61 bits per heavy atom. The summed E-state index contributed by atoms with van der Waals surface area (Å²) >= 11 is 6.23. The summed E-state index contributed by atoms with van der Waals surface area (Å²) in [5.74, 6) is 0.822. The number of ether oxygens (including phenoxy) is 1. The van der Waals surface area contributed by atoms with E-state index in [4.69, 9.17) is 21.4 Å². The van der Waals surface area contributed by atoms with Crippen LogP contribution in [0.1, 0.15) is 16.7 Å². The quantitative estimate of drug-likeness (QED) is 0.254. The summed E-state index contributed by atoms with van der Waals surface area (Å²) in [5, 5.41) is 23.1. The number of nitriles is 1. The molecule has 7 rings (SSSR count). The van der Waals surface area contributed by atoms with E-state index in [1.54, 1.807) is 30.0 Å². The molecule has 198 valence electrons. The highest BCUT2D eigenvalue weighted by molar-refractivity contribution is 6.30. The smallest absolute Gasteiger partial charge is 0.245 e. The molecule has 1 spiro atoms. The Hall–Kier alpha value is -5.32. The molecule has 2 N–H and O–H groups in total. The highest BCUT2D eigenvalue weighted by atomic mass is 35.5. The number of nitrogens with zero attached hydrogens (tertiary/aromatic N) is 3. The van der Waals surface area contributed by atoms with Crippen molar-refractivity contribution in [2.45, 2.75) is 5.41 Å². The first-order valence-corrected chi connectivity index (χ1v) is 13.4. The number of hydrogen-bond acceptors (Lipinski definition) is 5. The number of anilines is 2. The van der Waals surface area contributed by atoms with Crippen molar-refractivity contribution in [1.82, 2.24) is 9.78 Å². The number of halogens is 1. The van der Waals surface area contributed by atoms with Crippen molar-refractivity contribution in [3.63, 3.8) is 0 Å². The topological polar surface area (TPSA) is 92.0 Å². The molecule has 1 aromatic heterocycles. The minimum absolute atomic E-state index is 0.251. The standard InChI is InChI=1S/C33H22ClN5O2/c1-41-24-16-17-27-25(18-24)33(32(40)36-27)26(19-35)29(21-12-14-22(34)15-13-21)37-31-28(33)30(20-8-4-2-5-9-20)38-39(31)23-10-6-3-7-11-23/h2-18,37H,1H3,(H,36,40)/t33-/m1/s1. The van der Waals surface area contributed by atoms with E-state index in [0.29, 0.717) is 50.4 Å². The molecule has 0 unspecified atom stereocenters. The Bertz CT molecular complexity index is 1910. The average molecular weight is 556 g/mol. The van der Waals surface area contributed by atoms with Gasteiger partial charge in [0.25, 0.3) is 0 Å². The van der Waals surface area contributed by atoms with Crippen LogP contribution in [0.15, 0.2) is 109 Å². The Balaban J connectivity index is 1.66. The van der Waals surface area contributed by atoms with Crippen LogP contribution >= 0.6 is 11.6 Å². The Morgan fingerprint density at radius 3 is 2.29 bits per heavy atom. The summed E-state index contributed by atoms with van der Waals surface area (Å²) < 4.78 is 7.39. The van der Waals surface area contributed by atoms with E-state index >= 15 is 0 Å². The van der Waals surface area contributed by atoms with Crippen LogP contribution in [0.5, 0.6) is 5.75 Å². The van der Waals surface area contributed by atoms with Crippen molar-refractivity contribution in [3.05, 3.63) is 130 Å². The van der Waals surface area contributed by atoms with E-state index in [2.05, 4.69) is 16.7 Å². The normalized spacial score (nSPS) is 17.0. The van der Waals surface area contributed by atoms with Gasteiger partial charge in [-0.05, 0) is 48.0 Å². The minimum atomic E-state index is -1.52. The molecule has 7 nitrogen and oxygen atoms in total. The summed E-state index contributed by atoms with van der Waals surface area (Å²) in [7, 11) is 1.58. The molecule has 0 saturated carbocycles. The van der Waals surface area contributed by atoms with Gasteiger partial charge in [0.05, 0.1) is 35.8 Å². The molecule has 3 heterocycles. The summed E-state index contributed by atoms with van der Waals surface area (Å²) in [6.07, 6.45) is 0. The van der Waals surface area contributed by atoms with Crippen molar-refractivity contribution >= 4 is 34.7 Å². The molecule has 0 radical (unpaired) electrons. The number of carbonyl (C=O) groups is 1. The van der Waals surface area contributed by atoms with E-state index in [0.717, 1.165) is 11.3 Å². The van der Waals surface area contributed by atoms with Crippen LogP contribution in [0.2, 0.25) is 5.02 Å². The second-order valence-electron chi connectivity index (χ2n) is 9.79. The maximum Gasteiger partial charge on any atom is 0.245 e. The van der Waals surface area contributed by atoms with Gasteiger partial charge in [-0.15, -0.1) is 0 Å². The maximum absolute atomic E-state index is 14.5. The molecular formula is C33H22ClN5O2. The lowest BCUT2D eigenvalue weighted by Gasteiger charge is -2.35. The lowest BCUT2D eigenvalue weighted by Crippen LogP contribution is -2.41. The third-order valence-electron chi connectivity index (χ3n) is 7.64. The first-order valence-electron chi connectivity index (χ1n) is 13.0. The zero-order chi connectivity index (χ0) is 28.1. The number of aromatic nitrogens is 2. The molecule has 1 amide bonds. The molecule has 0 saturated heterocycles. The van der Waals surface area contributed by atoms with Gasteiger partial charge < -0.3 is 15.4 Å². The highest BCUT2D eigenvalue weighted by Crippen LogP contribution is 2.57. The van der Waals surface area contributed by atoms with Crippen molar-refractivity contribution in [2.24, 2.45) is 0 Å². The number of methoxy groups -OCH3 is 1. The van der Waals surface area contributed by atoms with E-state index in [9.17, 15) is 10.1 Å². The zero-order valence-corrected chi connectivity index (χ0v) is 22.6. The van der Waals surface area contributed by atoms with Crippen molar-refractivity contribution in [1.29, 1.82) is 5.26 Å². The third kappa shape index (κ3) is 3.58. The molecule has 2 aliphatic heterocycles. The monoisotopic (exact) mass is 555 g/mol. The van der Waals surface area contributed by atoms with Crippen LogP contribution in [0, 0.1) is 11.3 Å². The number of hydrogen-bond donors (Lipinski definition) is 2. The molecule has 0 fully saturated rings. The Kier molecular flexibility index (Phi) is 5.67. The predicted octanol–water partition coefficient (Wildman–Crippen LogP) is 6.80. The molecule has 1 atom stereocenters. The van der Waals surface area contributed by atoms with Gasteiger partial charge in [0, 0.05) is 27.4 Å². The Morgan fingerprint density at radius 1 is 0.902 bits per heavy atom. The number of benzene rings is 4. The SMILES string of the molecule is COc1ccc2c(c1)[C@@]1(C(=O)N2)C(C#N)=C(c2ccc(Cl)cc2)Nc2c1c(-c1ccccc1)nn2-c1ccccc1. The molecule has 5 aromatic rings. The van der Waals surface area contributed by atoms with Crippen LogP contribution in [0.4, 0.5) is 11.5 Å².